The van der Waals surface area contributed by atoms with Crippen LogP contribution >= 0.6 is 0 Å². The van der Waals surface area contributed by atoms with Crippen molar-refractivity contribution in [2.45, 2.75) is 46.3 Å². The summed E-state index contributed by atoms with van der Waals surface area (Å²) in [7, 11) is 0. The van der Waals surface area contributed by atoms with Crippen LogP contribution in [0.5, 0.6) is 0 Å². The molecule has 1 amide bonds. The number of carbonyl (C=O) groups is 1. The predicted octanol–water partition coefficient (Wildman–Crippen LogP) is 4.08. The predicted molar refractivity (Wildman–Crippen MR) is 124 cm³/mol. The molecule has 0 atom stereocenters. The Morgan fingerprint density at radius 1 is 1.00 bits per heavy atom. The zero-order chi connectivity index (χ0) is 21.6. The Labute approximate surface area is 185 Å². The van der Waals surface area contributed by atoms with Gasteiger partial charge >= 0.3 is 0 Å². The summed E-state index contributed by atoms with van der Waals surface area (Å²) in [4.78, 5) is 19.5. The molecule has 2 aromatic carbocycles. The number of amides is 1. The zero-order valence-corrected chi connectivity index (χ0v) is 18.6. The molecule has 0 radical (unpaired) electrons. The molecule has 4 rings (SSSR count). The number of hydrogen-bond donors (Lipinski definition) is 1. The number of nitrogens with one attached hydrogen (secondary N) is 1. The summed E-state index contributed by atoms with van der Waals surface area (Å²) in [6.45, 7) is 8.45. The summed E-state index contributed by atoms with van der Waals surface area (Å²) >= 11 is 0. The van der Waals surface area contributed by atoms with Crippen LogP contribution in [-0.2, 0) is 24.4 Å². The summed E-state index contributed by atoms with van der Waals surface area (Å²) in [6, 6.07) is 17.1. The first-order chi connectivity index (χ1) is 15.1. The van der Waals surface area contributed by atoms with Gasteiger partial charge in [0.2, 0.25) is 5.91 Å². The lowest BCUT2D eigenvalue weighted by Crippen LogP contribution is -2.40. The Balaban J connectivity index is 1.24. The molecule has 1 saturated heterocycles. The lowest BCUT2D eigenvalue weighted by molar-refractivity contribution is -0.126. The number of aromatic nitrogens is 2. The molecule has 3 aromatic rings. The summed E-state index contributed by atoms with van der Waals surface area (Å²) in [5.41, 5.74) is 5.02. The van der Waals surface area contributed by atoms with Crippen molar-refractivity contribution in [3.05, 3.63) is 89.0 Å². The minimum absolute atomic E-state index is 0.116. The van der Waals surface area contributed by atoms with E-state index in [1.54, 1.807) is 0 Å². The first-order valence-corrected chi connectivity index (χ1v) is 11.2. The van der Waals surface area contributed by atoms with Crippen LogP contribution in [0.15, 0.2) is 60.9 Å². The third kappa shape index (κ3) is 5.82. The number of imidazole rings is 1. The molecule has 2 heterocycles. The van der Waals surface area contributed by atoms with E-state index in [0.29, 0.717) is 6.54 Å². The fraction of sp³-hybridized carbons (Fsp3) is 0.385. The molecule has 0 spiro atoms. The zero-order valence-electron chi connectivity index (χ0n) is 18.6. The second kappa shape index (κ2) is 9.92. The molecule has 0 saturated carbocycles. The minimum atomic E-state index is 0.116. The molecule has 31 heavy (non-hydrogen) atoms. The minimum Gasteiger partial charge on any atom is -0.352 e. The fourth-order valence-electron chi connectivity index (χ4n) is 4.36. The van der Waals surface area contributed by atoms with Gasteiger partial charge in [0.15, 0.2) is 0 Å². The van der Waals surface area contributed by atoms with Crippen LogP contribution in [0, 0.1) is 19.8 Å². The van der Waals surface area contributed by atoms with Gasteiger partial charge in [0, 0.05) is 37.9 Å². The van der Waals surface area contributed by atoms with E-state index in [1.807, 2.05) is 19.3 Å². The maximum absolute atomic E-state index is 12.7. The molecule has 162 valence electrons. The maximum atomic E-state index is 12.7. The molecular formula is C26H32N4O. The lowest BCUT2D eigenvalue weighted by Gasteiger charge is -2.31. The molecular weight excluding hydrogens is 384 g/mol. The maximum Gasteiger partial charge on any atom is 0.223 e. The van der Waals surface area contributed by atoms with E-state index in [9.17, 15) is 4.79 Å². The lowest BCUT2D eigenvalue weighted by atomic mass is 9.95. The third-order valence-corrected chi connectivity index (χ3v) is 6.18. The average molecular weight is 417 g/mol. The van der Waals surface area contributed by atoms with Gasteiger partial charge in [-0.15, -0.1) is 0 Å². The average Bonchev–Trinajstić information content (AvgIpc) is 3.17. The van der Waals surface area contributed by atoms with Gasteiger partial charge < -0.3 is 9.88 Å². The van der Waals surface area contributed by atoms with Gasteiger partial charge in [-0.05, 0) is 56.5 Å². The van der Waals surface area contributed by atoms with Crippen molar-refractivity contribution in [3.63, 3.8) is 0 Å². The van der Waals surface area contributed by atoms with E-state index in [4.69, 9.17) is 0 Å². The number of aryl methyl sites for hydroxylation is 2. The first kappa shape index (κ1) is 21.3. The smallest absolute Gasteiger partial charge is 0.223 e. The number of rotatable bonds is 7. The van der Waals surface area contributed by atoms with E-state index in [1.165, 1.54) is 16.7 Å². The fourth-order valence-corrected chi connectivity index (χ4v) is 4.36. The van der Waals surface area contributed by atoms with Crippen LogP contribution in [0.1, 0.15) is 40.9 Å². The van der Waals surface area contributed by atoms with Gasteiger partial charge in [-0.1, -0.05) is 54.1 Å². The van der Waals surface area contributed by atoms with Gasteiger partial charge in [0.25, 0.3) is 0 Å². The van der Waals surface area contributed by atoms with E-state index in [2.05, 4.69) is 75.2 Å². The van der Waals surface area contributed by atoms with Crippen LogP contribution in [0.3, 0.4) is 0 Å². The summed E-state index contributed by atoms with van der Waals surface area (Å²) in [5, 5.41) is 3.16. The van der Waals surface area contributed by atoms with Crippen LogP contribution in [0.4, 0.5) is 0 Å². The van der Waals surface area contributed by atoms with Crippen molar-refractivity contribution in [2.75, 3.05) is 13.1 Å². The van der Waals surface area contributed by atoms with Crippen LogP contribution < -0.4 is 5.32 Å². The number of hydrogen-bond acceptors (Lipinski definition) is 3. The molecule has 1 aliphatic heterocycles. The van der Waals surface area contributed by atoms with E-state index in [-0.39, 0.29) is 11.8 Å². The van der Waals surface area contributed by atoms with E-state index in [0.717, 1.165) is 50.4 Å². The number of likely N-dealkylation sites (tertiary alicyclic amines) is 1. The number of piperidine rings is 1. The molecule has 1 aromatic heterocycles. The van der Waals surface area contributed by atoms with E-state index >= 15 is 0 Å². The molecule has 1 N–H and O–H groups in total. The Morgan fingerprint density at radius 2 is 1.71 bits per heavy atom. The number of benzene rings is 2. The molecule has 5 nitrogen and oxygen atoms in total. The highest BCUT2D eigenvalue weighted by molar-refractivity contribution is 5.78. The molecule has 0 bridgehead atoms. The highest BCUT2D eigenvalue weighted by Gasteiger charge is 2.24. The van der Waals surface area contributed by atoms with Gasteiger partial charge in [-0.25, -0.2) is 4.98 Å². The summed E-state index contributed by atoms with van der Waals surface area (Å²) < 4.78 is 2.13. The van der Waals surface area contributed by atoms with Gasteiger partial charge in [0.1, 0.15) is 5.82 Å². The van der Waals surface area contributed by atoms with Crippen molar-refractivity contribution < 1.29 is 4.79 Å². The monoisotopic (exact) mass is 416 g/mol. The van der Waals surface area contributed by atoms with Crippen molar-refractivity contribution in [2.24, 2.45) is 5.92 Å². The van der Waals surface area contributed by atoms with Gasteiger partial charge in [-0.3, -0.25) is 9.69 Å². The Kier molecular flexibility index (Phi) is 6.82. The SMILES string of the molecule is Cc1cccc(CN2CCC(C(=O)NCc3cccc(Cn4ccnc4C)c3)CC2)c1. The molecule has 0 aliphatic carbocycles. The van der Waals surface area contributed by atoms with Crippen molar-refractivity contribution in [1.29, 1.82) is 0 Å². The van der Waals surface area contributed by atoms with Crippen LogP contribution in [0.25, 0.3) is 0 Å². The second-order valence-electron chi connectivity index (χ2n) is 8.68. The topological polar surface area (TPSA) is 50.2 Å². The number of carbonyl (C=O) groups excluding carboxylic acids is 1. The summed E-state index contributed by atoms with van der Waals surface area (Å²) in [5.74, 6) is 1.31. The first-order valence-electron chi connectivity index (χ1n) is 11.2. The third-order valence-electron chi connectivity index (χ3n) is 6.18. The van der Waals surface area contributed by atoms with Crippen molar-refractivity contribution in [1.82, 2.24) is 19.8 Å². The van der Waals surface area contributed by atoms with Crippen molar-refractivity contribution >= 4 is 5.91 Å². The molecule has 1 fully saturated rings. The van der Waals surface area contributed by atoms with Gasteiger partial charge in [0.05, 0.1) is 0 Å². The Hall–Kier alpha value is -2.92. The Morgan fingerprint density at radius 3 is 2.42 bits per heavy atom. The van der Waals surface area contributed by atoms with Crippen LogP contribution in [0.2, 0.25) is 0 Å². The summed E-state index contributed by atoms with van der Waals surface area (Å²) in [6.07, 6.45) is 5.68. The number of nitrogens with zero attached hydrogens (tertiary/aromatic N) is 3. The van der Waals surface area contributed by atoms with Crippen LogP contribution in [-0.4, -0.2) is 33.4 Å². The highest BCUT2D eigenvalue weighted by atomic mass is 16.1. The second-order valence-corrected chi connectivity index (χ2v) is 8.68. The standard InChI is InChI=1S/C26H32N4O/c1-20-5-3-7-23(15-20)18-29-12-9-25(10-13-29)26(31)28-17-22-6-4-8-24(16-22)19-30-14-11-27-21(30)2/h3-8,11,14-16,25H,9-10,12-13,17-19H2,1-2H3,(H,28,31). The van der Waals surface area contributed by atoms with Gasteiger partial charge in [-0.2, -0.15) is 0 Å². The molecule has 1 aliphatic rings. The molecule has 5 heteroatoms. The normalized spacial score (nSPS) is 15.2. The Bertz CT molecular complexity index is 1020. The highest BCUT2D eigenvalue weighted by Crippen LogP contribution is 2.20. The van der Waals surface area contributed by atoms with E-state index < -0.39 is 0 Å². The quantitative estimate of drug-likeness (QED) is 0.631. The largest absolute Gasteiger partial charge is 0.352 e. The van der Waals surface area contributed by atoms with Crippen molar-refractivity contribution in [3.8, 4) is 0 Å². The molecule has 0 unspecified atom stereocenters.